The van der Waals surface area contributed by atoms with Crippen molar-refractivity contribution in [1.82, 2.24) is 9.80 Å². The van der Waals surface area contributed by atoms with Gasteiger partial charge in [0.1, 0.15) is 11.6 Å². The van der Waals surface area contributed by atoms with Crippen LogP contribution in [-0.4, -0.2) is 75.7 Å². The topological polar surface area (TPSA) is 96.4 Å². The van der Waals surface area contributed by atoms with Crippen LogP contribution in [0.3, 0.4) is 0 Å². The highest BCUT2D eigenvalue weighted by molar-refractivity contribution is 5.98. The number of nitrogens with zero attached hydrogens (tertiary/aromatic N) is 2. The Labute approximate surface area is 232 Å². The maximum Gasteiger partial charge on any atom is 0.312 e. The highest BCUT2D eigenvalue weighted by Crippen LogP contribution is 2.60. The Kier molecular flexibility index (Phi) is 8.03. The Hall–Kier alpha value is -2.71. The highest BCUT2D eigenvalue weighted by atomic mass is 16.6. The molecule has 0 radical (unpaired) electrons. The summed E-state index contributed by atoms with van der Waals surface area (Å²) in [4.78, 5) is 45.6. The molecular formula is C31H44N2O6. The molecule has 6 atom stereocenters. The van der Waals surface area contributed by atoms with Gasteiger partial charge in [0.25, 0.3) is 0 Å². The number of rotatable bonds is 10. The minimum absolute atomic E-state index is 0.0653. The smallest absolute Gasteiger partial charge is 0.312 e. The summed E-state index contributed by atoms with van der Waals surface area (Å²) in [5, 5.41) is 10.6. The number of hydrogen-bond donors (Lipinski definition) is 1. The number of carbonyl (C=O) groups excluding carboxylic acids is 3. The van der Waals surface area contributed by atoms with Crippen molar-refractivity contribution in [2.24, 2.45) is 17.3 Å². The molecule has 3 aliphatic heterocycles. The minimum atomic E-state index is -1.17. The molecule has 1 spiro atoms. The summed E-state index contributed by atoms with van der Waals surface area (Å²) in [5.41, 5.74) is -1.08. The quantitative estimate of drug-likeness (QED) is 0.357. The first-order chi connectivity index (χ1) is 18.3. The number of fused-ring (bicyclic) bond motifs is 1. The standard InChI is InChI=1S/C31H44N2O6/c1-8-17-32(30(6,7)19-29(3,4)5)27(36)25-31-16-15-22(39-31)23(28(37)38-9-2)24(31)26(35)33(25)21(18-34)20-13-11-10-12-14-20/h8,10-14,21-25,34H,1,9,15-19H2,2-7H3/t21-,22+,23-,24-,25+,31-/m1/s1. The number of hydrogen-bond acceptors (Lipinski definition) is 6. The van der Waals surface area contributed by atoms with Crippen LogP contribution in [0.2, 0.25) is 0 Å². The number of ether oxygens (including phenoxy) is 2. The van der Waals surface area contributed by atoms with Crippen LogP contribution < -0.4 is 0 Å². The van der Waals surface area contributed by atoms with E-state index in [9.17, 15) is 19.5 Å². The lowest BCUT2D eigenvalue weighted by Gasteiger charge is -2.46. The fourth-order valence-electron chi connectivity index (χ4n) is 7.55. The highest BCUT2D eigenvalue weighted by Gasteiger charge is 2.76. The average Bonchev–Trinajstić information content (AvgIpc) is 3.50. The van der Waals surface area contributed by atoms with Gasteiger partial charge in [0.2, 0.25) is 11.8 Å². The van der Waals surface area contributed by atoms with Crippen molar-refractivity contribution in [3.63, 3.8) is 0 Å². The predicted octanol–water partition coefficient (Wildman–Crippen LogP) is 3.89. The molecule has 214 valence electrons. The van der Waals surface area contributed by atoms with Gasteiger partial charge in [-0.1, -0.05) is 57.2 Å². The molecule has 8 nitrogen and oxygen atoms in total. The van der Waals surface area contributed by atoms with E-state index in [-0.39, 0.29) is 30.4 Å². The molecule has 8 heteroatoms. The summed E-state index contributed by atoms with van der Waals surface area (Å²) in [6.07, 6.45) is 2.98. The fraction of sp³-hybridized carbons (Fsp3) is 0.645. The van der Waals surface area contributed by atoms with E-state index in [1.54, 1.807) is 17.9 Å². The lowest BCUT2D eigenvalue weighted by molar-refractivity contribution is -0.158. The van der Waals surface area contributed by atoms with Crippen LogP contribution in [0.25, 0.3) is 0 Å². The largest absolute Gasteiger partial charge is 0.466 e. The van der Waals surface area contributed by atoms with Crippen LogP contribution in [0, 0.1) is 17.3 Å². The normalized spacial score (nSPS) is 28.8. The molecule has 3 heterocycles. The van der Waals surface area contributed by atoms with Gasteiger partial charge in [0.15, 0.2) is 0 Å². The van der Waals surface area contributed by atoms with Gasteiger partial charge in [-0.15, -0.1) is 6.58 Å². The van der Waals surface area contributed by atoms with Gasteiger partial charge in [-0.05, 0) is 51.0 Å². The van der Waals surface area contributed by atoms with Crippen LogP contribution in [0.4, 0.5) is 0 Å². The van der Waals surface area contributed by atoms with Crippen LogP contribution in [-0.2, 0) is 23.9 Å². The van der Waals surface area contributed by atoms with Gasteiger partial charge in [-0.3, -0.25) is 14.4 Å². The predicted molar refractivity (Wildman–Crippen MR) is 147 cm³/mol. The Balaban J connectivity index is 1.86. The van der Waals surface area contributed by atoms with E-state index in [1.165, 1.54) is 4.90 Å². The van der Waals surface area contributed by atoms with E-state index in [1.807, 2.05) is 44.2 Å². The van der Waals surface area contributed by atoms with Crippen molar-refractivity contribution in [3.8, 4) is 0 Å². The van der Waals surface area contributed by atoms with Crippen molar-refractivity contribution in [2.75, 3.05) is 19.8 Å². The van der Waals surface area contributed by atoms with Crippen molar-refractivity contribution >= 4 is 17.8 Å². The maximum atomic E-state index is 14.8. The molecular weight excluding hydrogens is 496 g/mol. The van der Waals surface area contributed by atoms with E-state index >= 15 is 0 Å². The van der Waals surface area contributed by atoms with Crippen LogP contribution in [0.15, 0.2) is 43.0 Å². The second kappa shape index (κ2) is 10.7. The van der Waals surface area contributed by atoms with E-state index in [0.717, 1.165) is 0 Å². The lowest BCUT2D eigenvalue weighted by Crippen LogP contribution is -2.61. The number of benzene rings is 1. The molecule has 3 aliphatic rings. The zero-order valence-electron chi connectivity index (χ0n) is 24.2. The Morgan fingerprint density at radius 1 is 1.26 bits per heavy atom. The monoisotopic (exact) mass is 540 g/mol. The zero-order chi connectivity index (χ0) is 28.8. The minimum Gasteiger partial charge on any atom is -0.466 e. The summed E-state index contributed by atoms with van der Waals surface area (Å²) < 4.78 is 11.9. The number of likely N-dealkylation sites (tertiary alicyclic amines) is 1. The third-order valence-electron chi connectivity index (χ3n) is 8.50. The lowest BCUT2D eigenvalue weighted by atomic mass is 9.70. The van der Waals surface area contributed by atoms with Gasteiger partial charge >= 0.3 is 5.97 Å². The molecule has 1 N–H and O–H groups in total. The molecule has 0 saturated carbocycles. The number of aliphatic hydroxyl groups is 1. The molecule has 4 rings (SSSR count). The molecule has 0 unspecified atom stereocenters. The van der Waals surface area contributed by atoms with E-state index in [2.05, 4.69) is 27.4 Å². The van der Waals surface area contributed by atoms with Gasteiger partial charge in [0.05, 0.1) is 37.2 Å². The molecule has 3 fully saturated rings. The number of carbonyl (C=O) groups is 3. The molecule has 0 aromatic heterocycles. The third-order valence-corrected chi connectivity index (χ3v) is 8.50. The summed E-state index contributed by atoms with van der Waals surface area (Å²) in [7, 11) is 0. The Morgan fingerprint density at radius 2 is 1.92 bits per heavy atom. The molecule has 0 aliphatic carbocycles. The average molecular weight is 541 g/mol. The van der Waals surface area contributed by atoms with Crippen molar-refractivity contribution in [1.29, 1.82) is 0 Å². The summed E-state index contributed by atoms with van der Waals surface area (Å²) in [5.74, 6) is -2.69. The Bertz CT molecular complexity index is 1100. The van der Waals surface area contributed by atoms with Gasteiger partial charge < -0.3 is 24.4 Å². The van der Waals surface area contributed by atoms with E-state index < -0.39 is 47.1 Å². The molecule has 3 saturated heterocycles. The van der Waals surface area contributed by atoms with Gasteiger partial charge in [0, 0.05) is 12.1 Å². The summed E-state index contributed by atoms with van der Waals surface area (Å²) >= 11 is 0. The Morgan fingerprint density at radius 3 is 2.49 bits per heavy atom. The van der Waals surface area contributed by atoms with Crippen LogP contribution >= 0.6 is 0 Å². The molecule has 1 aromatic rings. The number of amides is 2. The van der Waals surface area contributed by atoms with Crippen molar-refractivity contribution in [3.05, 3.63) is 48.6 Å². The van der Waals surface area contributed by atoms with Crippen molar-refractivity contribution < 1.29 is 29.0 Å². The SMILES string of the molecule is C=CCN(C(=O)[C@@H]1N([C@H](CO)c2ccccc2)C(=O)[C@H]2[C@H](C(=O)OCC)[C@@H]3CC[C@]12O3)C(C)(C)CC(C)(C)C. The first-order valence-electron chi connectivity index (χ1n) is 14.1. The third kappa shape index (κ3) is 5.02. The van der Waals surface area contributed by atoms with Gasteiger partial charge in [-0.25, -0.2) is 0 Å². The first kappa shape index (κ1) is 29.3. The molecule has 2 amide bonds. The first-order valence-corrected chi connectivity index (χ1v) is 14.1. The van der Waals surface area contributed by atoms with Crippen LogP contribution in [0.5, 0.6) is 0 Å². The summed E-state index contributed by atoms with van der Waals surface area (Å²) in [6, 6.07) is 7.46. The van der Waals surface area contributed by atoms with Gasteiger partial charge in [-0.2, -0.15) is 0 Å². The van der Waals surface area contributed by atoms with E-state index in [4.69, 9.17) is 9.47 Å². The maximum absolute atomic E-state index is 14.8. The zero-order valence-corrected chi connectivity index (χ0v) is 24.2. The molecule has 2 bridgehead atoms. The molecule has 1 aromatic carbocycles. The van der Waals surface area contributed by atoms with Crippen molar-refractivity contribution in [2.45, 2.75) is 90.1 Å². The van der Waals surface area contributed by atoms with Crippen LogP contribution in [0.1, 0.15) is 72.4 Å². The number of aliphatic hydroxyl groups excluding tert-OH is 1. The fourth-order valence-corrected chi connectivity index (χ4v) is 7.55. The second-order valence-corrected chi connectivity index (χ2v) is 12.9. The number of esters is 1. The molecule has 39 heavy (non-hydrogen) atoms. The summed E-state index contributed by atoms with van der Waals surface area (Å²) in [6.45, 7) is 16.2. The van der Waals surface area contributed by atoms with E-state index in [0.29, 0.717) is 31.4 Å². The second-order valence-electron chi connectivity index (χ2n) is 12.9.